The first-order valence-corrected chi connectivity index (χ1v) is 6.49. The lowest BCUT2D eigenvalue weighted by molar-refractivity contribution is 1.45. The van der Waals surface area contributed by atoms with Crippen molar-refractivity contribution in [2.24, 2.45) is 10.1 Å². The summed E-state index contributed by atoms with van der Waals surface area (Å²) in [5.41, 5.74) is 7.41. The Morgan fingerprint density at radius 2 is 2.27 bits per heavy atom. The molecule has 0 bridgehead atoms. The summed E-state index contributed by atoms with van der Waals surface area (Å²) in [4.78, 5) is 0. The number of halogens is 2. The van der Waals surface area contributed by atoms with Crippen molar-refractivity contribution < 1.29 is 0 Å². The SMILES string of the molecule is CNc1c(Br)ccc(Cl)c1C(N)=NSC. The van der Waals surface area contributed by atoms with Crippen molar-refractivity contribution in [1.29, 1.82) is 0 Å². The highest BCUT2D eigenvalue weighted by atomic mass is 79.9. The molecular formula is C9H11BrClN3S. The number of nitrogens with one attached hydrogen (secondary N) is 1. The monoisotopic (exact) mass is 307 g/mol. The first-order chi connectivity index (χ1) is 7.11. The maximum Gasteiger partial charge on any atom is 0.142 e. The molecule has 3 N–H and O–H groups in total. The van der Waals surface area contributed by atoms with E-state index in [1.807, 2.05) is 19.4 Å². The van der Waals surface area contributed by atoms with Crippen molar-refractivity contribution in [3.8, 4) is 0 Å². The maximum atomic E-state index is 6.08. The van der Waals surface area contributed by atoms with E-state index >= 15 is 0 Å². The second kappa shape index (κ2) is 5.63. The number of benzene rings is 1. The van der Waals surface area contributed by atoms with Crippen LogP contribution < -0.4 is 11.1 Å². The fourth-order valence-corrected chi connectivity index (χ4v) is 2.26. The standard InChI is InChI=1S/C9H11BrClN3S/c1-13-8-5(10)3-4-6(11)7(8)9(12)14-15-2/h3-4,13H,1-2H3,(H2,12,14). The molecule has 0 aliphatic rings. The van der Waals surface area contributed by atoms with E-state index < -0.39 is 0 Å². The summed E-state index contributed by atoms with van der Waals surface area (Å²) in [6.45, 7) is 0. The van der Waals surface area contributed by atoms with Gasteiger partial charge in [0, 0.05) is 17.8 Å². The Hall–Kier alpha value is -0.390. The van der Waals surface area contributed by atoms with Crippen LogP contribution in [-0.2, 0) is 0 Å². The van der Waals surface area contributed by atoms with Crippen LogP contribution in [-0.4, -0.2) is 19.1 Å². The molecule has 1 aromatic rings. The smallest absolute Gasteiger partial charge is 0.142 e. The highest BCUT2D eigenvalue weighted by Gasteiger charge is 2.13. The van der Waals surface area contributed by atoms with E-state index in [4.69, 9.17) is 17.3 Å². The number of nitrogens with zero attached hydrogens (tertiary/aromatic N) is 1. The fraction of sp³-hybridized carbons (Fsp3) is 0.222. The third-order valence-corrected chi connectivity index (χ3v) is 3.15. The van der Waals surface area contributed by atoms with Gasteiger partial charge in [-0.3, -0.25) is 0 Å². The van der Waals surface area contributed by atoms with E-state index in [2.05, 4.69) is 25.6 Å². The summed E-state index contributed by atoms with van der Waals surface area (Å²) >= 11 is 10.8. The number of rotatable bonds is 3. The molecular weight excluding hydrogens is 298 g/mol. The minimum atomic E-state index is 0.415. The third-order valence-electron chi connectivity index (χ3n) is 1.80. The van der Waals surface area contributed by atoms with Gasteiger partial charge < -0.3 is 11.1 Å². The van der Waals surface area contributed by atoms with E-state index in [9.17, 15) is 0 Å². The lowest BCUT2D eigenvalue weighted by Gasteiger charge is -2.12. The van der Waals surface area contributed by atoms with Crippen LogP contribution >= 0.6 is 39.5 Å². The molecule has 0 unspecified atom stereocenters. The van der Waals surface area contributed by atoms with Crippen LogP contribution in [0.15, 0.2) is 21.0 Å². The van der Waals surface area contributed by atoms with Gasteiger partial charge in [0.2, 0.25) is 0 Å². The van der Waals surface area contributed by atoms with Crippen molar-refractivity contribution in [3.05, 3.63) is 27.2 Å². The third kappa shape index (κ3) is 2.80. The lowest BCUT2D eigenvalue weighted by Crippen LogP contribution is -2.15. The van der Waals surface area contributed by atoms with Crippen molar-refractivity contribution in [1.82, 2.24) is 0 Å². The Labute approximate surface area is 107 Å². The van der Waals surface area contributed by atoms with Gasteiger partial charge in [-0.1, -0.05) is 11.6 Å². The summed E-state index contributed by atoms with van der Waals surface area (Å²) < 4.78 is 4.98. The molecule has 1 rings (SSSR count). The van der Waals surface area contributed by atoms with Crippen LogP contribution in [0.4, 0.5) is 5.69 Å². The quantitative estimate of drug-likeness (QED) is 0.512. The Morgan fingerprint density at radius 1 is 1.60 bits per heavy atom. The number of amidine groups is 1. The second-order valence-electron chi connectivity index (χ2n) is 2.69. The Bertz CT molecular complexity index is 395. The van der Waals surface area contributed by atoms with Crippen LogP contribution in [0, 0.1) is 0 Å². The van der Waals surface area contributed by atoms with Crippen LogP contribution in [0.2, 0.25) is 5.02 Å². The molecule has 0 atom stereocenters. The fourth-order valence-electron chi connectivity index (χ4n) is 1.19. The normalized spacial score (nSPS) is 11.6. The largest absolute Gasteiger partial charge is 0.387 e. The van der Waals surface area contributed by atoms with Crippen molar-refractivity contribution in [2.75, 3.05) is 18.6 Å². The van der Waals surface area contributed by atoms with Gasteiger partial charge in [0.05, 0.1) is 16.3 Å². The molecule has 0 saturated heterocycles. The van der Waals surface area contributed by atoms with Gasteiger partial charge in [-0.25, -0.2) is 0 Å². The van der Waals surface area contributed by atoms with E-state index in [0.717, 1.165) is 15.7 Å². The van der Waals surface area contributed by atoms with E-state index in [1.165, 1.54) is 11.9 Å². The summed E-state index contributed by atoms with van der Waals surface area (Å²) in [6.07, 6.45) is 1.85. The Morgan fingerprint density at radius 3 is 2.80 bits per heavy atom. The van der Waals surface area contributed by atoms with Gasteiger partial charge in [-0.2, -0.15) is 4.40 Å². The molecule has 0 aromatic heterocycles. The molecule has 0 aliphatic heterocycles. The summed E-state index contributed by atoms with van der Waals surface area (Å²) in [5.74, 6) is 0.415. The van der Waals surface area contributed by atoms with Gasteiger partial charge in [0.1, 0.15) is 5.84 Å². The van der Waals surface area contributed by atoms with Gasteiger partial charge in [-0.05, 0) is 40.0 Å². The number of anilines is 1. The van der Waals surface area contributed by atoms with E-state index in [0.29, 0.717) is 10.9 Å². The predicted octanol–water partition coefficient (Wildman–Crippen LogP) is 3.13. The van der Waals surface area contributed by atoms with Gasteiger partial charge in [0.15, 0.2) is 0 Å². The first-order valence-electron chi connectivity index (χ1n) is 4.14. The van der Waals surface area contributed by atoms with Crippen LogP contribution in [0.1, 0.15) is 5.56 Å². The van der Waals surface area contributed by atoms with Crippen LogP contribution in [0.5, 0.6) is 0 Å². The van der Waals surface area contributed by atoms with Gasteiger partial charge in [-0.15, -0.1) is 0 Å². The summed E-state index contributed by atoms with van der Waals surface area (Å²) in [5, 5.41) is 3.62. The molecule has 0 spiro atoms. The average molecular weight is 309 g/mol. The van der Waals surface area contributed by atoms with Gasteiger partial charge in [0.25, 0.3) is 0 Å². The van der Waals surface area contributed by atoms with Crippen molar-refractivity contribution >= 4 is 51.0 Å². The predicted molar refractivity (Wildman–Crippen MR) is 72.9 cm³/mol. The number of nitrogens with two attached hydrogens (primary N) is 1. The minimum Gasteiger partial charge on any atom is -0.387 e. The zero-order valence-electron chi connectivity index (χ0n) is 8.34. The van der Waals surface area contributed by atoms with Gasteiger partial charge >= 0.3 is 0 Å². The van der Waals surface area contributed by atoms with Crippen molar-refractivity contribution in [3.63, 3.8) is 0 Å². The van der Waals surface area contributed by atoms with Crippen molar-refractivity contribution in [2.45, 2.75) is 0 Å². The molecule has 0 saturated carbocycles. The number of hydrogen-bond donors (Lipinski definition) is 2. The molecule has 1 aromatic carbocycles. The minimum absolute atomic E-state index is 0.415. The summed E-state index contributed by atoms with van der Waals surface area (Å²) in [7, 11) is 1.81. The molecule has 15 heavy (non-hydrogen) atoms. The molecule has 0 heterocycles. The Balaban J connectivity index is 3.37. The Kier molecular flexibility index (Phi) is 4.76. The van der Waals surface area contributed by atoms with Crippen LogP contribution in [0.3, 0.4) is 0 Å². The zero-order chi connectivity index (χ0) is 11.4. The lowest BCUT2D eigenvalue weighted by atomic mass is 10.1. The summed E-state index contributed by atoms with van der Waals surface area (Å²) in [6, 6.07) is 3.65. The molecule has 3 nitrogen and oxygen atoms in total. The molecule has 0 amide bonds. The highest BCUT2D eigenvalue weighted by molar-refractivity contribution is 9.10. The molecule has 0 radical (unpaired) electrons. The first kappa shape index (κ1) is 12.7. The van der Waals surface area contributed by atoms with Crippen LogP contribution in [0.25, 0.3) is 0 Å². The van der Waals surface area contributed by atoms with E-state index in [-0.39, 0.29) is 0 Å². The maximum absolute atomic E-state index is 6.08. The topological polar surface area (TPSA) is 50.4 Å². The molecule has 6 heteroatoms. The number of hydrogen-bond acceptors (Lipinski definition) is 3. The molecule has 0 aliphatic carbocycles. The molecule has 82 valence electrons. The highest BCUT2D eigenvalue weighted by Crippen LogP contribution is 2.31. The average Bonchev–Trinajstić information content (AvgIpc) is 2.21. The molecule has 0 fully saturated rings. The second-order valence-corrected chi connectivity index (χ2v) is 4.50. The van der Waals surface area contributed by atoms with E-state index in [1.54, 1.807) is 6.07 Å². The zero-order valence-corrected chi connectivity index (χ0v) is 11.5.